The molecule has 1 N–H and O–H groups in total. The fourth-order valence-corrected chi connectivity index (χ4v) is 4.96. The van der Waals surface area contributed by atoms with Crippen molar-refractivity contribution in [1.29, 1.82) is 0 Å². The summed E-state index contributed by atoms with van der Waals surface area (Å²) in [5, 5.41) is 3.85. The van der Waals surface area contributed by atoms with Crippen LogP contribution in [0.1, 0.15) is 72.6 Å². The Labute approximate surface area is 126 Å². The number of hydrogen-bond donors (Lipinski definition) is 1. The van der Waals surface area contributed by atoms with Crippen molar-refractivity contribution >= 4 is 0 Å². The van der Waals surface area contributed by atoms with Gasteiger partial charge in [0.05, 0.1) is 0 Å². The lowest BCUT2D eigenvalue weighted by Gasteiger charge is -2.45. The Morgan fingerprint density at radius 1 is 1.00 bits per heavy atom. The standard InChI is InChI=1S/C18H36N2/c1-17(2)12-15(13-18(3,4)14-17)19-10-11-20(5)16-8-6-7-9-16/h15-16,19H,6-14H2,1-5H3. The van der Waals surface area contributed by atoms with Crippen LogP contribution in [0, 0.1) is 10.8 Å². The first kappa shape index (κ1) is 16.3. The maximum Gasteiger partial charge on any atom is 0.0107 e. The second-order valence-electron chi connectivity index (χ2n) is 8.98. The molecule has 0 unspecified atom stereocenters. The Balaban J connectivity index is 1.73. The molecule has 0 saturated heterocycles. The summed E-state index contributed by atoms with van der Waals surface area (Å²) in [6, 6.07) is 1.57. The second kappa shape index (κ2) is 6.36. The highest BCUT2D eigenvalue weighted by atomic mass is 15.1. The molecule has 2 heteroatoms. The molecule has 2 rings (SSSR count). The van der Waals surface area contributed by atoms with Gasteiger partial charge >= 0.3 is 0 Å². The molecule has 0 atom stereocenters. The van der Waals surface area contributed by atoms with Gasteiger partial charge in [0.15, 0.2) is 0 Å². The Kier molecular flexibility index (Phi) is 5.18. The van der Waals surface area contributed by atoms with Crippen LogP contribution < -0.4 is 5.32 Å². The van der Waals surface area contributed by atoms with Crippen molar-refractivity contribution in [1.82, 2.24) is 10.2 Å². The molecular formula is C18H36N2. The first-order valence-electron chi connectivity index (χ1n) is 8.71. The van der Waals surface area contributed by atoms with Crippen molar-refractivity contribution < 1.29 is 0 Å². The largest absolute Gasteiger partial charge is 0.313 e. The Bertz CT molecular complexity index is 287. The summed E-state index contributed by atoms with van der Waals surface area (Å²) >= 11 is 0. The molecule has 2 aliphatic carbocycles. The zero-order chi connectivity index (χ0) is 14.8. The van der Waals surface area contributed by atoms with Crippen molar-refractivity contribution in [2.24, 2.45) is 10.8 Å². The normalized spacial score (nSPS) is 27.3. The first-order chi connectivity index (χ1) is 9.27. The van der Waals surface area contributed by atoms with Crippen LogP contribution in [0.25, 0.3) is 0 Å². The lowest BCUT2D eigenvalue weighted by atomic mass is 9.63. The number of hydrogen-bond acceptors (Lipinski definition) is 2. The monoisotopic (exact) mass is 280 g/mol. The second-order valence-corrected chi connectivity index (χ2v) is 8.98. The molecule has 0 aromatic heterocycles. The molecule has 20 heavy (non-hydrogen) atoms. The van der Waals surface area contributed by atoms with E-state index in [0.29, 0.717) is 16.9 Å². The van der Waals surface area contributed by atoms with Gasteiger partial charge in [0.1, 0.15) is 0 Å². The van der Waals surface area contributed by atoms with Crippen LogP contribution in [-0.2, 0) is 0 Å². The minimum Gasteiger partial charge on any atom is -0.313 e. The minimum absolute atomic E-state index is 0.497. The average Bonchev–Trinajstić information content (AvgIpc) is 2.77. The van der Waals surface area contributed by atoms with Gasteiger partial charge in [-0.05, 0) is 50.0 Å². The van der Waals surface area contributed by atoms with E-state index < -0.39 is 0 Å². The van der Waals surface area contributed by atoms with E-state index in [1.54, 1.807) is 0 Å². The van der Waals surface area contributed by atoms with E-state index in [0.717, 1.165) is 12.6 Å². The van der Waals surface area contributed by atoms with E-state index in [2.05, 4.69) is 45.0 Å². The van der Waals surface area contributed by atoms with E-state index in [1.165, 1.54) is 51.5 Å². The molecule has 0 bridgehead atoms. The van der Waals surface area contributed by atoms with E-state index in [9.17, 15) is 0 Å². The molecule has 2 aliphatic rings. The summed E-state index contributed by atoms with van der Waals surface area (Å²) in [7, 11) is 2.31. The predicted octanol–water partition coefficient (Wildman–Crippen LogP) is 4.06. The van der Waals surface area contributed by atoms with Crippen molar-refractivity contribution in [3.05, 3.63) is 0 Å². The molecular weight excluding hydrogens is 244 g/mol. The van der Waals surface area contributed by atoms with E-state index >= 15 is 0 Å². The molecule has 0 amide bonds. The van der Waals surface area contributed by atoms with Crippen LogP contribution in [0.4, 0.5) is 0 Å². The SMILES string of the molecule is CN(CCNC1CC(C)(C)CC(C)(C)C1)C1CCCC1. The lowest BCUT2D eigenvalue weighted by Crippen LogP contribution is -2.46. The van der Waals surface area contributed by atoms with Gasteiger partial charge in [-0.25, -0.2) is 0 Å². The van der Waals surface area contributed by atoms with Gasteiger partial charge in [-0.15, -0.1) is 0 Å². The third kappa shape index (κ3) is 4.73. The van der Waals surface area contributed by atoms with Gasteiger partial charge in [-0.1, -0.05) is 40.5 Å². The van der Waals surface area contributed by atoms with Crippen LogP contribution in [-0.4, -0.2) is 37.1 Å². The van der Waals surface area contributed by atoms with Crippen LogP contribution in [0.3, 0.4) is 0 Å². The van der Waals surface area contributed by atoms with Crippen LogP contribution >= 0.6 is 0 Å². The van der Waals surface area contributed by atoms with E-state index in [1.807, 2.05) is 0 Å². The molecule has 0 aromatic carbocycles. The number of likely N-dealkylation sites (N-methyl/N-ethyl adjacent to an activating group) is 1. The predicted molar refractivity (Wildman–Crippen MR) is 88.1 cm³/mol. The highest BCUT2D eigenvalue weighted by molar-refractivity contribution is 4.92. The minimum atomic E-state index is 0.497. The average molecular weight is 280 g/mol. The van der Waals surface area contributed by atoms with Crippen LogP contribution in [0.2, 0.25) is 0 Å². The molecule has 0 spiro atoms. The molecule has 2 nitrogen and oxygen atoms in total. The van der Waals surface area contributed by atoms with Gasteiger partial charge in [0.2, 0.25) is 0 Å². The summed E-state index contributed by atoms with van der Waals surface area (Å²) in [6.45, 7) is 12.1. The molecule has 0 aliphatic heterocycles. The number of nitrogens with zero attached hydrogens (tertiary/aromatic N) is 1. The molecule has 0 radical (unpaired) electrons. The topological polar surface area (TPSA) is 15.3 Å². The van der Waals surface area contributed by atoms with Crippen molar-refractivity contribution in [2.75, 3.05) is 20.1 Å². The van der Waals surface area contributed by atoms with E-state index in [-0.39, 0.29) is 0 Å². The number of nitrogens with one attached hydrogen (secondary N) is 1. The van der Waals surface area contributed by atoms with Gasteiger partial charge in [0, 0.05) is 25.2 Å². The molecule has 118 valence electrons. The molecule has 0 aromatic rings. The highest BCUT2D eigenvalue weighted by Gasteiger charge is 2.38. The Morgan fingerprint density at radius 3 is 2.10 bits per heavy atom. The zero-order valence-electron chi connectivity index (χ0n) is 14.5. The third-order valence-electron chi connectivity index (χ3n) is 5.40. The van der Waals surface area contributed by atoms with E-state index in [4.69, 9.17) is 0 Å². The fourth-order valence-electron chi connectivity index (χ4n) is 4.96. The smallest absolute Gasteiger partial charge is 0.0107 e. The molecule has 0 heterocycles. The van der Waals surface area contributed by atoms with Crippen molar-refractivity contribution in [3.8, 4) is 0 Å². The van der Waals surface area contributed by atoms with Gasteiger partial charge in [-0.2, -0.15) is 0 Å². The summed E-state index contributed by atoms with van der Waals surface area (Å²) in [4.78, 5) is 2.58. The zero-order valence-corrected chi connectivity index (χ0v) is 14.5. The van der Waals surface area contributed by atoms with Crippen molar-refractivity contribution in [2.45, 2.75) is 84.7 Å². The fraction of sp³-hybridized carbons (Fsp3) is 1.00. The lowest BCUT2D eigenvalue weighted by molar-refractivity contribution is 0.0835. The van der Waals surface area contributed by atoms with Gasteiger partial charge < -0.3 is 10.2 Å². The third-order valence-corrected chi connectivity index (χ3v) is 5.40. The van der Waals surface area contributed by atoms with Gasteiger partial charge in [-0.3, -0.25) is 0 Å². The maximum absolute atomic E-state index is 3.85. The number of rotatable bonds is 5. The molecule has 2 saturated carbocycles. The highest BCUT2D eigenvalue weighted by Crippen LogP contribution is 2.45. The summed E-state index contributed by atoms with van der Waals surface area (Å²) < 4.78 is 0. The summed E-state index contributed by atoms with van der Waals surface area (Å²) in [5.74, 6) is 0. The first-order valence-corrected chi connectivity index (χ1v) is 8.71. The Morgan fingerprint density at radius 2 is 1.55 bits per heavy atom. The van der Waals surface area contributed by atoms with Gasteiger partial charge in [0.25, 0.3) is 0 Å². The Hall–Kier alpha value is -0.0800. The molecule has 2 fully saturated rings. The summed E-state index contributed by atoms with van der Waals surface area (Å²) in [5.41, 5.74) is 0.994. The maximum atomic E-state index is 3.85. The van der Waals surface area contributed by atoms with Crippen LogP contribution in [0.15, 0.2) is 0 Å². The van der Waals surface area contributed by atoms with Crippen LogP contribution in [0.5, 0.6) is 0 Å². The summed E-state index contributed by atoms with van der Waals surface area (Å²) in [6.07, 6.45) is 9.74. The quantitative estimate of drug-likeness (QED) is 0.817. The van der Waals surface area contributed by atoms with Crippen molar-refractivity contribution in [3.63, 3.8) is 0 Å².